The highest BCUT2D eigenvalue weighted by atomic mass is 32.2. The fraction of sp³-hybridized carbons (Fsp3) is 0.154. The van der Waals surface area contributed by atoms with Gasteiger partial charge in [-0.25, -0.2) is 4.98 Å². The summed E-state index contributed by atoms with van der Waals surface area (Å²) in [5.41, 5.74) is 3.74. The van der Waals surface area contributed by atoms with Crippen LogP contribution in [0.5, 0.6) is 5.75 Å². The maximum Gasteiger partial charge on any atom is 0.242 e. The van der Waals surface area contributed by atoms with Gasteiger partial charge in [0.15, 0.2) is 5.16 Å². The third kappa shape index (κ3) is 4.86. The molecule has 32 heavy (non-hydrogen) atoms. The number of carbonyl (C=O) groups is 1. The molecule has 3 aromatic carbocycles. The van der Waals surface area contributed by atoms with Gasteiger partial charge in [0.1, 0.15) is 11.0 Å². The summed E-state index contributed by atoms with van der Waals surface area (Å²) >= 11 is 1.42. The average molecular weight is 444 g/mol. The summed E-state index contributed by atoms with van der Waals surface area (Å²) in [4.78, 5) is 18.0. The van der Waals surface area contributed by atoms with Crippen LogP contribution in [-0.2, 0) is 4.79 Å². The summed E-state index contributed by atoms with van der Waals surface area (Å²) < 4.78 is 7.71. The lowest BCUT2D eigenvalue weighted by molar-refractivity contribution is -0.115. The maximum absolute atomic E-state index is 13.5. The van der Waals surface area contributed by atoms with Crippen molar-refractivity contribution in [3.8, 4) is 11.4 Å². The standard InChI is InChI=1S/C26H25N3O2S/c1-3-31-23-16-10-8-14-21(23)28-25(30)24(20-12-5-4-6-13-20)32-26-27-17-18-29(26)22-15-9-7-11-19(22)2/h4-18,24H,3H2,1-2H3,(H,28,30). The van der Waals surface area contributed by atoms with Crippen LogP contribution in [0.1, 0.15) is 23.3 Å². The molecule has 0 bridgehead atoms. The Morgan fingerprint density at radius 2 is 1.75 bits per heavy atom. The number of hydrogen-bond donors (Lipinski definition) is 1. The Balaban J connectivity index is 1.66. The van der Waals surface area contributed by atoms with Crippen molar-refractivity contribution in [2.75, 3.05) is 11.9 Å². The zero-order valence-corrected chi connectivity index (χ0v) is 18.9. The molecule has 0 spiro atoms. The van der Waals surface area contributed by atoms with Crippen LogP contribution in [0.15, 0.2) is 96.4 Å². The van der Waals surface area contributed by atoms with E-state index in [-0.39, 0.29) is 5.91 Å². The first-order valence-corrected chi connectivity index (χ1v) is 11.4. The number of amides is 1. The highest BCUT2D eigenvalue weighted by Gasteiger charge is 2.25. The van der Waals surface area contributed by atoms with Gasteiger partial charge in [-0.05, 0) is 43.2 Å². The van der Waals surface area contributed by atoms with E-state index in [2.05, 4.69) is 29.4 Å². The number of imidazole rings is 1. The van der Waals surface area contributed by atoms with Crippen LogP contribution in [0, 0.1) is 6.92 Å². The van der Waals surface area contributed by atoms with Gasteiger partial charge < -0.3 is 10.1 Å². The molecular formula is C26H25N3O2S. The van der Waals surface area contributed by atoms with E-state index in [0.717, 1.165) is 22.0 Å². The van der Waals surface area contributed by atoms with Crippen LogP contribution in [0.4, 0.5) is 5.69 Å². The van der Waals surface area contributed by atoms with Gasteiger partial charge in [-0.3, -0.25) is 9.36 Å². The lowest BCUT2D eigenvalue weighted by Gasteiger charge is -2.19. The Labute approximate surface area is 192 Å². The van der Waals surface area contributed by atoms with E-state index in [1.54, 1.807) is 6.20 Å². The number of para-hydroxylation sites is 3. The molecule has 0 aliphatic carbocycles. The molecule has 0 fully saturated rings. The van der Waals surface area contributed by atoms with Crippen LogP contribution in [-0.4, -0.2) is 22.1 Å². The zero-order chi connectivity index (χ0) is 22.3. The molecule has 0 saturated heterocycles. The Bertz CT molecular complexity index is 1190. The minimum Gasteiger partial charge on any atom is -0.492 e. The van der Waals surface area contributed by atoms with Gasteiger partial charge in [0.25, 0.3) is 0 Å². The van der Waals surface area contributed by atoms with Gasteiger partial charge >= 0.3 is 0 Å². The summed E-state index contributed by atoms with van der Waals surface area (Å²) in [5.74, 6) is 0.522. The quantitative estimate of drug-likeness (QED) is 0.337. The van der Waals surface area contributed by atoms with Crippen LogP contribution >= 0.6 is 11.8 Å². The zero-order valence-electron chi connectivity index (χ0n) is 18.1. The Morgan fingerprint density at radius 1 is 1.03 bits per heavy atom. The first-order valence-electron chi connectivity index (χ1n) is 10.5. The van der Waals surface area contributed by atoms with Crippen LogP contribution in [0.2, 0.25) is 0 Å². The van der Waals surface area contributed by atoms with Crippen LogP contribution in [0.3, 0.4) is 0 Å². The number of aromatic nitrogens is 2. The molecule has 0 radical (unpaired) electrons. The predicted molar refractivity (Wildman–Crippen MR) is 130 cm³/mol. The topological polar surface area (TPSA) is 56.1 Å². The SMILES string of the molecule is CCOc1ccccc1NC(=O)C(Sc1nccn1-c1ccccc1C)c1ccccc1. The second-order valence-corrected chi connectivity index (χ2v) is 8.27. The second kappa shape index (κ2) is 10.2. The second-order valence-electron chi connectivity index (χ2n) is 7.19. The van der Waals surface area contributed by atoms with Gasteiger partial charge in [0.05, 0.1) is 18.0 Å². The molecule has 1 amide bonds. The molecule has 1 aromatic heterocycles. The Hall–Kier alpha value is -3.51. The molecule has 4 rings (SSSR count). The van der Waals surface area contributed by atoms with E-state index in [0.29, 0.717) is 18.0 Å². The van der Waals surface area contributed by atoms with E-state index < -0.39 is 5.25 Å². The molecule has 6 heteroatoms. The molecule has 1 unspecified atom stereocenters. The summed E-state index contributed by atoms with van der Waals surface area (Å²) in [6, 6.07) is 25.4. The number of nitrogens with one attached hydrogen (secondary N) is 1. The number of anilines is 1. The summed E-state index contributed by atoms with van der Waals surface area (Å²) in [5, 5.41) is 3.32. The van der Waals surface area contributed by atoms with Crippen LogP contribution in [0.25, 0.3) is 5.69 Å². The Morgan fingerprint density at radius 3 is 2.53 bits per heavy atom. The van der Waals surface area contributed by atoms with Crippen molar-refractivity contribution in [1.82, 2.24) is 9.55 Å². The number of carbonyl (C=O) groups excluding carboxylic acids is 1. The monoisotopic (exact) mass is 443 g/mol. The Kier molecular flexibility index (Phi) is 6.92. The molecule has 0 saturated carbocycles. The minimum absolute atomic E-state index is 0.132. The third-order valence-corrected chi connectivity index (χ3v) is 6.23. The molecule has 4 aromatic rings. The summed E-state index contributed by atoms with van der Waals surface area (Å²) in [6.07, 6.45) is 3.69. The third-order valence-electron chi connectivity index (χ3n) is 4.99. The van der Waals surface area contributed by atoms with Crippen molar-refractivity contribution in [1.29, 1.82) is 0 Å². The average Bonchev–Trinajstić information content (AvgIpc) is 3.28. The number of ether oxygens (including phenoxy) is 1. The van der Waals surface area contributed by atoms with E-state index in [1.165, 1.54) is 11.8 Å². The van der Waals surface area contributed by atoms with Crippen molar-refractivity contribution in [2.45, 2.75) is 24.3 Å². The lowest BCUT2D eigenvalue weighted by Crippen LogP contribution is -2.20. The summed E-state index contributed by atoms with van der Waals surface area (Å²) in [7, 11) is 0. The lowest BCUT2D eigenvalue weighted by atomic mass is 10.1. The molecule has 162 valence electrons. The van der Waals surface area contributed by atoms with E-state index in [4.69, 9.17) is 4.74 Å². The molecule has 5 nitrogen and oxygen atoms in total. The first kappa shape index (κ1) is 21.7. The van der Waals surface area contributed by atoms with Gasteiger partial charge in [-0.1, -0.05) is 72.4 Å². The predicted octanol–water partition coefficient (Wildman–Crippen LogP) is 6.05. The van der Waals surface area contributed by atoms with Gasteiger partial charge in [0, 0.05) is 12.4 Å². The number of hydrogen-bond acceptors (Lipinski definition) is 4. The highest BCUT2D eigenvalue weighted by Crippen LogP contribution is 2.37. The largest absolute Gasteiger partial charge is 0.492 e. The molecule has 0 aliphatic rings. The number of benzene rings is 3. The summed E-state index contributed by atoms with van der Waals surface area (Å²) in [6.45, 7) is 4.51. The molecule has 1 heterocycles. The van der Waals surface area contributed by atoms with E-state index >= 15 is 0 Å². The van der Waals surface area contributed by atoms with Gasteiger partial charge in [-0.15, -0.1) is 0 Å². The van der Waals surface area contributed by atoms with Crippen molar-refractivity contribution in [3.05, 3.63) is 102 Å². The van der Waals surface area contributed by atoms with Crippen molar-refractivity contribution >= 4 is 23.4 Å². The fourth-order valence-corrected chi connectivity index (χ4v) is 4.51. The van der Waals surface area contributed by atoms with E-state index in [1.807, 2.05) is 84.4 Å². The maximum atomic E-state index is 13.5. The van der Waals surface area contributed by atoms with Gasteiger partial charge in [0.2, 0.25) is 5.91 Å². The molecular weight excluding hydrogens is 418 g/mol. The number of rotatable bonds is 8. The molecule has 1 N–H and O–H groups in total. The number of aryl methyl sites for hydroxylation is 1. The number of nitrogens with zero attached hydrogens (tertiary/aromatic N) is 2. The highest BCUT2D eigenvalue weighted by molar-refractivity contribution is 8.00. The van der Waals surface area contributed by atoms with Crippen molar-refractivity contribution in [3.63, 3.8) is 0 Å². The molecule has 0 aliphatic heterocycles. The van der Waals surface area contributed by atoms with Crippen LogP contribution < -0.4 is 10.1 Å². The van der Waals surface area contributed by atoms with Crippen molar-refractivity contribution < 1.29 is 9.53 Å². The number of thioether (sulfide) groups is 1. The van der Waals surface area contributed by atoms with Gasteiger partial charge in [-0.2, -0.15) is 0 Å². The normalized spacial score (nSPS) is 11.7. The smallest absolute Gasteiger partial charge is 0.242 e. The molecule has 1 atom stereocenters. The first-order chi connectivity index (χ1) is 15.7. The fourth-order valence-electron chi connectivity index (χ4n) is 3.45. The van der Waals surface area contributed by atoms with E-state index in [9.17, 15) is 4.79 Å². The van der Waals surface area contributed by atoms with Crippen molar-refractivity contribution in [2.24, 2.45) is 0 Å². The minimum atomic E-state index is -0.490.